The van der Waals surface area contributed by atoms with Gasteiger partial charge in [-0.25, -0.2) is 9.78 Å². The number of ether oxygens (including phenoxy) is 8. The average molecular weight is 2530 g/mol. The zero-order valence-corrected chi connectivity index (χ0v) is 83.9. The second-order valence-electron chi connectivity index (χ2n) is 32.3. The Morgan fingerprint density at radius 2 is 0.479 bits per heavy atom. The number of hydrogen-bond donors (Lipinski definition) is 2. The predicted molar refractivity (Wildman–Crippen MR) is 532 cm³/mol. The number of fused-ring (bicyclic) bond motifs is 16. The molecule has 8 aliphatic rings. The predicted octanol–water partition coefficient (Wildman–Crippen LogP) is 17.5. The van der Waals surface area contributed by atoms with Gasteiger partial charge in [0.25, 0.3) is 0 Å². The number of carbonyl (C=O) groups is 2. The number of carboxylic acids is 1. The number of pyridine rings is 6. The molecule has 14 heterocycles. The van der Waals surface area contributed by atoms with Crippen LogP contribution in [0.4, 0.5) is 0 Å². The van der Waals surface area contributed by atoms with Gasteiger partial charge in [-0.1, -0.05) is 258 Å². The van der Waals surface area contributed by atoms with Crippen molar-refractivity contribution in [3.63, 3.8) is 0 Å². The van der Waals surface area contributed by atoms with E-state index in [1.807, 2.05) is 237 Å². The molecule has 26 heteroatoms. The molecule has 0 fully saturated rings. The second kappa shape index (κ2) is 43.6. The summed E-state index contributed by atoms with van der Waals surface area (Å²) in [6.45, 7) is 3.18. The number of aliphatic hydroxyl groups excluding tert-OH is 1. The monoisotopic (exact) mass is 2530 g/mol. The van der Waals surface area contributed by atoms with Crippen LogP contribution in [0.15, 0.2) is 401 Å². The molecule has 684 valence electrons. The van der Waals surface area contributed by atoms with Crippen LogP contribution in [0.1, 0.15) is 24.3 Å². The second-order valence-corrected chi connectivity index (χ2v) is 32.3. The minimum Gasteiger partial charge on any atom is -0.512 e. The number of aliphatic hydroxyl groups is 1. The number of para-hydroxylation sites is 8. The van der Waals surface area contributed by atoms with Crippen LogP contribution in [0, 0.1) is 30.3 Å². The molecule has 0 spiro atoms. The van der Waals surface area contributed by atoms with Gasteiger partial charge in [0, 0.05) is 170 Å². The van der Waals surface area contributed by atoms with E-state index < -0.39 is 5.97 Å². The minimum absolute atomic E-state index is 0. The summed E-state index contributed by atoms with van der Waals surface area (Å²) in [6, 6.07) is 132. The van der Waals surface area contributed by atoms with Gasteiger partial charge in [-0.3, -0.25) is 4.79 Å². The molecule has 0 bridgehead atoms. The van der Waals surface area contributed by atoms with Crippen molar-refractivity contribution < 1.29 is 138 Å². The first-order chi connectivity index (χ1) is 66.9. The summed E-state index contributed by atoms with van der Waals surface area (Å²) in [5, 5.41) is 16.7. The van der Waals surface area contributed by atoms with Crippen molar-refractivity contribution in [3.8, 4) is 148 Å². The Balaban J connectivity index is 0.000000117. The van der Waals surface area contributed by atoms with Gasteiger partial charge in [-0.15, -0.1) is 82.4 Å². The molecule has 0 amide bonds. The summed E-state index contributed by atoms with van der Waals surface area (Å²) in [5.74, 6) is 12.0. The van der Waals surface area contributed by atoms with Crippen molar-refractivity contribution >= 4 is 104 Å². The molecule has 0 unspecified atom stereocenters. The number of benzene rings is 13. The number of aromatic carboxylic acids is 1. The van der Waals surface area contributed by atoms with Crippen molar-refractivity contribution in [1.29, 1.82) is 0 Å². The van der Waals surface area contributed by atoms with Crippen LogP contribution in [-0.2, 0) is 85.2 Å². The third kappa shape index (κ3) is 20.1. The summed E-state index contributed by atoms with van der Waals surface area (Å²) in [6.07, 6.45) is 11.5. The first-order valence-corrected chi connectivity index (χ1v) is 44.0. The summed E-state index contributed by atoms with van der Waals surface area (Å²) in [5.41, 5.74) is 22.3. The number of carboxylic acid groups (broad SMARTS) is 1. The van der Waals surface area contributed by atoms with Gasteiger partial charge in [0.1, 0.15) is 51.7 Å². The summed E-state index contributed by atoms with van der Waals surface area (Å²) >= 11 is 0. The Kier molecular flexibility index (Phi) is 30.0. The Hall–Kier alpha value is -15.3. The Morgan fingerprint density at radius 1 is 0.257 bits per heavy atom. The molecule has 0 saturated heterocycles. The molecule has 18 nitrogen and oxygen atoms in total. The number of nitrogens with zero attached hydrogens (tertiary/aromatic N) is 6. The van der Waals surface area contributed by atoms with E-state index in [0.29, 0.717) is 23.0 Å². The standard InChI is InChI=1S/4C23H13BNO2.C11H8N.C6H5NO2.C5H8O2.4Ir/c4*1-3-10-19-16(7-1)24-17-8-2-4-11-20(17)27-22-14-15(13-21(26-19)23(22)24)18-9-5-6-12-25-18;1-2-6-10(7-3-1)11-8-4-5-9-12-11;8-6(9)5-3-1-2-4-7-5;1-4(6)3-5(2)7;;;;/h4*1-13H;1-6,8-9H;1-4H,(H,8,9);3,6H,1-2H3;;;;/q5*-1;;;;;;. The number of hydrogen-bond acceptors (Lipinski definition) is 17. The van der Waals surface area contributed by atoms with Crippen molar-refractivity contribution in [2.75, 3.05) is 0 Å². The smallest absolute Gasteiger partial charge is 0.354 e. The largest absolute Gasteiger partial charge is 0.512 e. The van der Waals surface area contributed by atoms with E-state index in [9.17, 15) is 9.59 Å². The van der Waals surface area contributed by atoms with Crippen LogP contribution < -0.4 is 103 Å². The molecule has 19 aromatic rings. The molecule has 8 aliphatic heterocycles. The van der Waals surface area contributed by atoms with E-state index in [0.717, 1.165) is 191 Å². The van der Waals surface area contributed by atoms with Crippen LogP contribution in [-0.4, -0.2) is 78.7 Å². The van der Waals surface area contributed by atoms with Gasteiger partial charge in [0.15, 0.2) is 5.78 Å². The third-order valence-electron chi connectivity index (χ3n) is 23.6. The van der Waals surface area contributed by atoms with E-state index in [1.54, 1.807) is 43.1 Å². The molecule has 2 N–H and O–H groups in total. The van der Waals surface area contributed by atoms with E-state index >= 15 is 0 Å². The minimum atomic E-state index is -0.990. The van der Waals surface area contributed by atoms with Gasteiger partial charge >= 0.3 is 5.97 Å². The number of ketones is 1. The van der Waals surface area contributed by atoms with Crippen LogP contribution in [0.2, 0.25) is 0 Å². The first kappa shape index (κ1) is 96.4. The molecule has 27 rings (SSSR count). The van der Waals surface area contributed by atoms with Crippen molar-refractivity contribution in [2.24, 2.45) is 0 Å². The summed E-state index contributed by atoms with van der Waals surface area (Å²) in [4.78, 5) is 45.8. The SMILES string of the molecule is CC(=O)C=C(C)O.O=C(O)c1ccccn1.[Ir].[Ir].[Ir].[Ir].[c-]1c(-c2ccccn2)cc2c3c1Oc1ccccc1B3c1ccccc1O2.[c-]1c(-c2ccccn2)cc2c3c1Oc1ccccc1B3c1ccccc1O2.[c-]1c(-c2ccccn2)cc2c3c1Oc1ccccc1B3c1ccccc1O2.[c-]1c(-c2ccccn2)cc2c3c1Oc1ccccc1B3c1ccccc1O2.[c-]1ccccc1-c1ccccn1. The summed E-state index contributed by atoms with van der Waals surface area (Å²) in [7, 11) is 0. The number of aromatic nitrogens is 6. The molecule has 4 radical (unpaired) electrons. The molecule has 13 aromatic carbocycles. The maximum Gasteiger partial charge on any atom is 0.354 e. The zero-order valence-electron chi connectivity index (χ0n) is 74.3. The zero-order chi connectivity index (χ0) is 92.0. The van der Waals surface area contributed by atoms with E-state index in [1.165, 1.54) is 32.2 Å². The first-order valence-electron chi connectivity index (χ1n) is 44.0. The Bertz CT molecular complexity index is 6700. The number of allylic oxidation sites excluding steroid dienone is 2. The topological polar surface area (TPSA) is 226 Å². The van der Waals surface area contributed by atoms with Gasteiger partial charge in [-0.2, -0.15) is 0 Å². The molecule has 0 aliphatic carbocycles. The normalized spacial score (nSPS) is 12.0. The van der Waals surface area contributed by atoms with Crippen molar-refractivity contribution in [1.82, 2.24) is 29.9 Å². The molecular formula is C114H73B4Ir4N6O12-5. The van der Waals surface area contributed by atoms with Gasteiger partial charge in [-0.05, 0) is 177 Å². The van der Waals surface area contributed by atoms with Gasteiger partial charge in [0.2, 0.25) is 26.9 Å². The van der Waals surface area contributed by atoms with E-state index in [-0.39, 0.29) is 125 Å². The maximum atomic E-state index is 10.1. The van der Waals surface area contributed by atoms with Crippen LogP contribution >= 0.6 is 0 Å². The Morgan fingerprint density at radius 3 is 0.671 bits per heavy atom. The van der Waals surface area contributed by atoms with Crippen molar-refractivity contribution in [2.45, 2.75) is 13.8 Å². The molecule has 140 heavy (non-hydrogen) atoms. The van der Waals surface area contributed by atoms with E-state index in [4.69, 9.17) is 48.1 Å². The maximum absolute atomic E-state index is 10.1. The molecular weight excluding hydrogens is 2460 g/mol. The average Bonchev–Trinajstić information content (AvgIpc) is 0.738. The van der Waals surface area contributed by atoms with Crippen LogP contribution in [0.25, 0.3) is 56.3 Å². The van der Waals surface area contributed by atoms with Gasteiger partial charge in [0.05, 0.1) is 5.76 Å². The van der Waals surface area contributed by atoms with Gasteiger partial charge < -0.3 is 73.0 Å². The Labute approximate surface area is 863 Å². The summed E-state index contributed by atoms with van der Waals surface area (Å²) < 4.78 is 50.0. The number of rotatable bonds is 7. The molecule has 0 atom stereocenters. The number of carbonyl (C=O) groups excluding carboxylic acids is 1. The third-order valence-corrected chi connectivity index (χ3v) is 23.6. The fourth-order valence-corrected chi connectivity index (χ4v) is 17.8. The van der Waals surface area contributed by atoms with E-state index in [2.05, 4.69) is 157 Å². The van der Waals surface area contributed by atoms with Crippen LogP contribution in [0.3, 0.4) is 0 Å². The van der Waals surface area contributed by atoms with Crippen molar-refractivity contribution in [3.05, 3.63) is 437 Å². The molecule has 6 aromatic heterocycles. The van der Waals surface area contributed by atoms with Crippen LogP contribution in [0.5, 0.6) is 92.0 Å². The fourth-order valence-electron chi connectivity index (χ4n) is 17.8. The fraction of sp³-hybridized carbons (Fsp3) is 0.0175. The molecule has 0 saturated carbocycles. The quantitative estimate of drug-likeness (QED) is 0.0654.